The molecule has 0 bridgehead atoms. The van der Waals surface area contributed by atoms with Gasteiger partial charge in [-0.25, -0.2) is 4.99 Å². The van der Waals surface area contributed by atoms with Crippen LogP contribution in [0.2, 0.25) is 0 Å². The van der Waals surface area contributed by atoms with Crippen LogP contribution in [0, 0.1) is 0 Å². The molecular weight excluding hydrogens is 124 g/mol. The Morgan fingerprint density at radius 3 is 2.88 bits per heavy atom. The summed E-state index contributed by atoms with van der Waals surface area (Å²) in [5.41, 5.74) is 7.74. The third-order valence-corrected chi connectivity index (χ3v) is 0.569. The highest BCUT2D eigenvalue weighted by molar-refractivity contribution is 7.78. The monoisotopic (exact) mass is 128 g/mol. The second kappa shape index (κ2) is 6.11. The molecule has 0 fully saturated rings. The quantitative estimate of drug-likeness (QED) is 0.141. The summed E-state index contributed by atoms with van der Waals surface area (Å²) in [6.45, 7) is 0.799. The zero-order chi connectivity index (χ0) is 6.24. The van der Waals surface area contributed by atoms with Crippen LogP contribution in [0.15, 0.2) is 10.1 Å². The molecule has 0 atom stereocenters. The van der Waals surface area contributed by atoms with Crippen LogP contribution in [0.1, 0.15) is 0 Å². The highest BCUT2D eigenvalue weighted by Gasteiger charge is 1.72. The van der Waals surface area contributed by atoms with Crippen LogP contribution in [0.25, 0.3) is 10.4 Å². The number of thiocarbonyl (C=S) groups is 1. The van der Waals surface area contributed by atoms with Crippen molar-refractivity contribution in [2.45, 2.75) is 0 Å². The third kappa shape index (κ3) is 5.11. The highest BCUT2D eigenvalue weighted by Crippen LogP contribution is 1.70. The fourth-order valence-corrected chi connectivity index (χ4v) is 0.276. The number of hydrogen-bond acceptors (Lipinski definition) is 3. The SMILES string of the molecule is [N-]=[N+]=NCCN=C=S. The van der Waals surface area contributed by atoms with Crippen molar-refractivity contribution >= 4 is 17.4 Å². The summed E-state index contributed by atoms with van der Waals surface area (Å²) in [4.78, 5) is 6.02. The van der Waals surface area contributed by atoms with Gasteiger partial charge in [0.05, 0.1) is 11.7 Å². The Hall–Kier alpha value is -0.890. The van der Waals surface area contributed by atoms with Gasteiger partial charge >= 0.3 is 0 Å². The molecule has 8 heavy (non-hydrogen) atoms. The molecule has 0 aromatic carbocycles. The predicted molar refractivity (Wildman–Crippen MR) is 33.9 cm³/mol. The van der Waals surface area contributed by atoms with Crippen molar-refractivity contribution in [1.29, 1.82) is 0 Å². The fourth-order valence-electron chi connectivity index (χ4n) is 0.185. The normalized spacial score (nSPS) is 6.50. The molecule has 4 nitrogen and oxygen atoms in total. The van der Waals surface area contributed by atoms with E-state index in [0.717, 1.165) is 0 Å². The van der Waals surface area contributed by atoms with Crippen molar-refractivity contribution in [1.82, 2.24) is 0 Å². The van der Waals surface area contributed by atoms with E-state index in [-0.39, 0.29) is 0 Å². The van der Waals surface area contributed by atoms with Gasteiger partial charge in [0.25, 0.3) is 0 Å². The fraction of sp³-hybridized carbons (Fsp3) is 0.667. The van der Waals surface area contributed by atoms with Gasteiger partial charge in [0.15, 0.2) is 0 Å². The van der Waals surface area contributed by atoms with E-state index in [0.29, 0.717) is 13.1 Å². The van der Waals surface area contributed by atoms with Gasteiger partial charge in [-0.2, -0.15) is 0 Å². The molecule has 0 aromatic rings. The van der Waals surface area contributed by atoms with Gasteiger partial charge in [-0.15, -0.1) is 0 Å². The standard InChI is InChI=1S/C3H4N4S/c4-7-6-2-1-5-3-8/h1-2H2. The van der Waals surface area contributed by atoms with Crippen molar-refractivity contribution in [2.75, 3.05) is 13.1 Å². The lowest BCUT2D eigenvalue weighted by molar-refractivity contribution is 0.971. The lowest BCUT2D eigenvalue weighted by Gasteiger charge is -1.75. The number of azide groups is 1. The minimum absolute atomic E-state index is 0.361. The number of aliphatic imine (C=N–C) groups is 1. The molecule has 5 heteroatoms. The average molecular weight is 128 g/mol. The van der Waals surface area contributed by atoms with Gasteiger partial charge in [-0.05, 0) is 17.7 Å². The van der Waals surface area contributed by atoms with Gasteiger partial charge in [0, 0.05) is 11.5 Å². The molecule has 0 aromatic heterocycles. The van der Waals surface area contributed by atoms with Crippen molar-refractivity contribution in [3.63, 3.8) is 0 Å². The summed E-state index contributed by atoms with van der Waals surface area (Å²) < 4.78 is 0. The van der Waals surface area contributed by atoms with E-state index >= 15 is 0 Å². The number of isothiocyanates is 1. The number of nitrogens with zero attached hydrogens (tertiary/aromatic N) is 4. The van der Waals surface area contributed by atoms with E-state index in [1.807, 2.05) is 0 Å². The first-order valence-electron chi connectivity index (χ1n) is 1.96. The Balaban J connectivity index is 3.18. The summed E-state index contributed by atoms with van der Waals surface area (Å²) in [6.07, 6.45) is 0. The molecule has 0 saturated heterocycles. The molecule has 0 amide bonds. The third-order valence-electron chi connectivity index (χ3n) is 0.440. The molecular formula is C3H4N4S. The topological polar surface area (TPSA) is 61.1 Å². The summed E-state index contributed by atoms with van der Waals surface area (Å²) in [6, 6.07) is 0. The van der Waals surface area contributed by atoms with E-state index in [1.165, 1.54) is 0 Å². The molecule has 0 saturated carbocycles. The minimum Gasteiger partial charge on any atom is -0.232 e. The Labute approximate surface area is 51.9 Å². The minimum atomic E-state index is 0.361. The van der Waals surface area contributed by atoms with Gasteiger partial charge < -0.3 is 0 Å². The molecule has 0 heterocycles. The summed E-state index contributed by atoms with van der Waals surface area (Å²) in [7, 11) is 0. The first-order valence-corrected chi connectivity index (χ1v) is 2.37. The maximum atomic E-state index is 7.74. The van der Waals surface area contributed by atoms with Crippen LogP contribution in [-0.2, 0) is 0 Å². The Morgan fingerprint density at radius 1 is 1.62 bits per heavy atom. The van der Waals surface area contributed by atoms with Crippen LogP contribution < -0.4 is 0 Å². The van der Waals surface area contributed by atoms with E-state index in [4.69, 9.17) is 5.53 Å². The first-order chi connectivity index (χ1) is 3.91. The van der Waals surface area contributed by atoms with Crippen molar-refractivity contribution in [3.8, 4) is 0 Å². The molecule has 0 aliphatic heterocycles. The van der Waals surface area contributed by atoms with E-state index in [1.54, 1.807) is 0 Å². The second-order valence-corrected chi connectivity index (χ2v) is 1.11. The van der Waals surface area contributed by atoms with Crippen LogP contribution in [0.5, 0.6) is 0 Å². The molecule has 0 unspecified atom stereocenters. The smallest absolute Gasteiger partial charge is 0.0584 e. The van der Waals surface area contributed by atoms with E-state index in [2.05, 4.69) is 32.4 Å². The molecule has 0 spiro atoms. The van der Waals surface area contributed by atoms with Crippen LogP contribution in [0.4, 0.5) is 0 Å². The number of hydrogen-bond donors (Lipinski definition) is 0. The second-order valence-electron chi connectivity index (χ2n) is 0.927. The Bertz CT molecular complexity index is 123. The van der Waals surface area contributed by atoms with E-state index < -0.39 is 0 Å². The maximum Gasteiger partial charge on any atom is 0.0584 e. The molecule has 0 aliphatic carbocycles. The largest absolute Gasteiger partial charge is 0.232 e. The molecule has 0 rings (SSSR count). The van der Waals surface area contributed by atoms with Crippen LogP contribution in [0.3, 0.4) is 0 Å². The lowest BCUT2D eigenvalue weighted by atomic mass is 10.7. The Kier molecular flexibility index (Phi) is 5.43. The first kappa shape index (κ1) is 7.11. The highest BCUT2D eigenvalue weighted by atomic mass is 32.1. The van der Waals surface area contributed by atoms with Gasteiger partial charge in [-0.1, -0.05) is 5.11 Å². The van der Waals surface area contributed by atoms with Gasteiger partial charge in [0.2, 0.25) is 0 Å². The van der Waals surface area contributed by atoms with Crippen LogP contribution >= 0.6 is 12.2 Å². The van der Waals surface area contributed by atoms with Crippen molar-refractivity contribution in [2.24, 2.45) is 10.1 Å². The average Bonchev–Trinajstić information content (AvgIpc) is 1.81. The maximum absolute atomic E-state index is 7.74. The van der Waals surface area contributed by atoms with E-state index in [9.17, 15) is 0 Å². The summed E-state index contributed by atoms with van der Waals surface area (Å²) in [5.74, 6) is 0. The zero-order valence-corrected chi connectivity index (χ0v) is 4.93. The molecule has 0 radical (unpaired) electrons. The van der Waals surface area contributed by atoms with Crippen molar-refractivity contribution < 1.29 is 0 Å². The molecule has 0 aliphatic rings. The lowest BCUT2D eigenvalue weighted by Crippen LogP contribution is -1.80. The summed E-state index contributed by atoms with van der Waals surface area (Å²) in [5, 5.41) is 5.36. The zero-order valence-electron chi connectivity index (χ0n) is 4.11. The van der Waals surface area contributed by atoms with Crippen molar-refractivity contribution in [3.05, 3.63) is 10.4 Å². The van der Waals surface area contributed by atoms with Crippen LogP contribution in [-0.4, -0.2) is 18.3 Å². The van der Waals surface area contributed by atoms with Gasteiger partial charge in [-0.3, -0.25) is 0 Å². The molecule has 42 valence electrons. The Morgan fingerprint density at radius 2 is 2.38 bits per heavy atom. The predicted octanol–water partition coefficient (Wildman–Crippen LogP) is 1.40. The van der Waals surface area contributed by atoms with Gasteiger partial charge in [0.1, 0.15) is 0 Å². The number of rotatable bonds is 3. The summed E-state index contributed by atoms with van der Waals surface area (Å²) >= 11 is 4.25. The molecule has 0 N–H and O–H groups in total.